The Morgan fingerprint density at radius 3 is 2.75 bits per heavy atom. The lowest BCUT2D eigenvalue weighted by Gasteiger charge is -2.36. The predicted octanol–water partition coefficient (Wildman–Crippen LogP) is 2.29. The van der Waals surface area contributed by atoms with Gasteiger partial charge in [0.1, 0.15) is 0 Å². The summed E-state index contributed by atoms with van der Waals surface area (Å²) >= 11 is 3.40. The third-order valence-corrected chi connectivity index (χ3v) is 7.73. The number of nitrogens with zero attached hydrogens (tertiary/aromatic N) is 1. The summed E-state index contributed by atoms with van der Waals surface area (Å²) in [6.45, 7) is 7.99. The van der Waals surface area contributed by atoms with E-state index >= 15 is 0 Å². The largest absolute Gasteiger partial charge is 0.315 e. The third kappa shape index (κ3) is 3.39. The number of thioether (sulfide) groups is 1. The first-order chi connectivity index (χ1) is 9.26. The molecule has 2 heterocycles. The van der Waals surface area contributed by atoms with Crippen LogP contribution in [0.15, 0.2) is 11.0 Å². The van der Waals surface area contributed by atoms with E-state index in [0.29, 0.717) is 24.5 Å². The average Bonchev–Trinajstić information content (AvgIpc) is 2.70. The Morgan fingerprint density at radius 2 is 2.15 bits per heavy atom. The lowest BCUT2D eigenvalue weighted by atomic mass is 10.2. The van der Waals surface area contributed by atoms with Crippen molar-refractivity contribution < 1.29 is 8.42 Å². The van der Waals surface area contributed by atoms with Crippen LogP contribution < -0.4 is 5.32 Å². The van der Waals surface area contributed by atoms with Gasteiger partial charge in [0.25, 0.3) is 0 Å². The Morgan fingerprint density at radius 1 is 1.45 bits per heavy atom. The highest BCUT2D eigenvalue weighted by Crippen LogP contribution is 2.34. The molecule has 1 saturated heterocycles. The van der Waals surface area contributed by atoms with Crippen molar-refractivity contribution in [3.8, 4) is 0 Å². The Bertz CT molecular complexity index is 578. The zero-order valence-corrected chi connectivity index (χ0v) is 14.8. The highest BCUT2D eigenvalue weighted by Gasteiger charge is 2.35. The van der Waals surface area contributed by atoms with Gasteiger partial charge in [-0.15, -0.1) is 11.3 Å². The highest BCUT2D eigenvalue weighted by molar-refractivity contribution is 8.00. The van der Waals surface area contributed by atoms with Crippen LogP contribution in [0.3, 0.4) is 0 Å². The number of sulfonamides is 1. The topological polar surface area (TPSA) is 49.4 Å². The molecule has 1 N–H and O–H groups in total. The Kier molecular flexibility index (Phi) is 4.86. The molecule has 4 nitrogen and oxygen atoms in total. The van der Waals surface area contributed by atoms with Gasteiger partial charge in [0.15, 0.2) is 0 Å². The molecule has 20 heavy (non-hydrogen) atoms. The Balaban J connectivity index is 2.30. The van der Waals surface area contributed by atoms with Gasteiger partial charge in [0, 0.05) is 39.9 Å². The molecule has 2 rings (SSSR count). The van der Waals surface area contributed by atoms with Crippen molar-refractivity contribution in [3.63, 3.8) is 0 Å². The molecular formula is C13H22N2O2S3. The second kappa shape index (κ2) is 5.96. The van der Waals surface area contributed by atoms with Crippen LogP contribution in [0.5, 0.6) is 0 Å². The fraction of sp³-hybridized carbons (Fsp3) is 0.692. The maximum Gasteiger partial charge on any atom is 0.244 e. The average molecular weight is 335 g/mol. The van der Waals surface area contributed by atoms with E-state index in [2.05, 4.69) is 19.2 Å². The number of aryl methyl sites for hydroxylation is 1. The van der Waals surface area contributed by atoms with E-state index in [1.165, 1.54) is 0 Å². The van der Waals surface area contributed by atoms with Crippen LogP contribution in [0.25, 0.3) is 0 Å². The minimum Gasteiger partial charge on any atom is -0.315 e. The molecule has 0 radical (unpaired) electrons. The molecule has 1 aromatic heterocycles. The monoisotopic (exact) mass is 334 g/mol. The predicted molar refractivity (Wildman–Crippen MR) is 87.1 cm³/mol. The van der Waals surface area contributed by atoms with Gasteiger partial charge >= 0.3 is 0 Å². The summed E-state index contributed by atoms with van der Waals surface area (Å²) in [6, 6.07) is 1.82. The van der Waals surface area contributed by atoms with Gasteiger partial charge in [-0.1, -0.05) is 0 Å². The van der Waals surface area contributed by atoms with E-state index in [1.54, 1.807) is 15.6 Å². The van der Waals surface area contributed by atoms with E-state index < -0.39 is 10.0 Å². The second-order valence-electron chi connectivity index (χ2n) is 5.61. The lowest BCUT2D eigenvalue weighted by Crippen LogP contribution is -2.46. The standard InChI is InChI=1S/C13H22N2O2S3/c1-10-12(7-11(19-10)8-14-4)20(16,17)15-5-6-18-13(2,3)9-15/h7,14H,5-6,8-9H2,1-4H3. The van der Waals surface area contributed by atoms with E-state index in [9.17, 15) is 8.42 Å². The number of thiophene rings is 1. The summed E-state index contributed by atoms with van der Waals surface area (Å²) in [6.07, 6.45) is 0. The van der Waals surface area contributed by atoms with Gasteiger partial charge < -0.3 is 5.32 Å². The maximum absolute atomic E-state index is 12.8. The summed E-state index contributed by atoms with van der Waals surface area (Å²) in [4.78, 5) is 2.43. The molecule has 0 saturated carbocycles. The van der Waals surface area contributed by atoms with Crippen LogP contribution in [0.1, 0.15) is 23.6 Å². The molecule has 0 unspecified atom stereocenters. The highest BCUT2D eigenvalue weighted by atomic mass is 32.2. The van der Waals surface area contributed by atoms with E-state index in [4.69, 9.17) is 0 Å². The summed E-state index contributed by atoms with van der Waals surface area (Å²) in [5.74, 6) is 0.860. The Labute approximate surface area is 130 Å². The minimum absolute atomic E-state index is 0.0109. The summed E-state index contributed by atoms with van der Waals surface area (Å²) < 4.78 is 27.3. The molecule has 1 aliphatic rings. The van der Waals surface area contributed by atoms with Gasteiger partial charge in [0.2, 0.25) is 10.0 Å². The van der Waals surface area contributed by atoms with Crippen molar-refractivity contribution in [1.29, 1.82) is 0 Å². The van der Waals surface area contributed by atoms with Crippen LogP contribution in [0.4, 0.5) is 0 Å². The van der Waals surface area contributed by atoms with Gasteiger partial charge in [-0.05, 0) is 33.9 Å². The molecule has 1 aromatic rings. The molecule has 0 amide bonds. The van der Waals surface area contributed by atoms with Gasteiger partial charge in [-0.3, -0.25) is 0 Å². The SMILES string of the molecule is CNCc1cc(S(=O)(=O)N2CCSC(C)(C)C2)c(C)s1. The van der Waals surface area contributed by atoms with E-state index in [1.807, 2.05) is 31.8 Å². The van der Waals surface area contributed by atoms with Crippen molar-refractivity contribution in [2.75, 3.05) is 25.9 Å². The quantitative estimate of drug-likeness (QED) is 0.918. The molecule has 0 spiro atoms. The van der Waals surface area contributed by atoms with Crippen molar-refractivity contribution in [1.82, 2.24) is 9.62 Å². The first-order valence-corrected chi connectivity index (χ1v) is 9.88. The number of hydrogen-bond acceptors (Lipinski definition) is 5. The van der Waals surface area contributed by atoms with Crippen molar-refractivity contribution >= 4 is 33.1 Å². The molecule has 0 aliphatic carbocycles. The van der Waals surface area contributed by atoms with Crippen molar-refractivity contribution in [2.24, 2.45) is 0 Å². The lowest BCUT2D eigenvalue weighted by molar-refractivity contribution is 0.387. The van der Waals surface area contributed by atoms with Crippen LogP contribution >= 0.6 is 23.1 Å². The molecular weight excluding hydrogens is 312 g/mol. The first kappa shape index (κ1) is 16.3. The van der Waals surface area contributed by atoms with Crippen LogP contribution in [0, 0.1) is 6.92 Å². The molecule has 1 fully saturated rings. The molecule has 7 heteroatoms. The van der Waals surface area contributed by atoms with E-state index in [-0.39, 0.29) is 4.75 Å². The zero-order valence-electron chi connectivity index (χ0n) is 12.4. The molecule has 114 valence electrons. The molecule has 0 atom stereocenters. The maximum atomic E-state index is 12.8. The second-order valence-corrected chi connectivity index (χ2v) is 10.7. The van der Waals surface area contributed by atoms with Crippen molar-refractivity contribution in [2.45, 2.75) is 37.0 Å². The number of rotatable bonds is 4. The van der Waals surface area contributed by atoms with Crippen LogP contribution in [0.2, 0.25) is 0 Å². The summed E-state index contributed by atoms with van der Waals surface area (Å²) in [5, 5.41) is 3.07. The third-order valence-electron chi connectivity index (χ3n) is 3.28. The smallest absolute Gasteiger partial charge is 0.244 e. The normalized spacial score (nSPS) is 20.2. The van der Waals surface area contributed by atoms with Gasteiger partial charge in [-0.2, -0.15) is 16.1 Å². The number of hydrogen-bond donors (Lipinski definition) is 1. The summed E-state index contributed by atoms with van der Waals surface area (Å²) in [5.41, 5.74) is 0. The first-order valence-electron chi connectivity index (χ1n) is 6.64. The molecule has 0 aromatic carbocycles. The Hall–Kier alpha value is -0.0800. The zero-order chi connectivity index (χ0) is 15.0. The molecule has 1 aliphatic heterocycles. The molecule has 0 bridgehead atoms. The van der Waals surface area contributed by atoms with E-state index in [0.717, 1.165) is 15.5 Å². The fourth-order valence-corrected chi connectivity index (χ4v) is 6.89. The van der Waals surface area contributed by atoms with Gasteiger partial charge in [0.05, 0.1) is 4.90 Å². The van der Waals surface area contributed by atoms with Crippen LogP contribution in [-0.2, 0) is 16.6 Å². The number of nitrogens with one attached hydrogen (secondary N) is 1. The fourth-order valence-electron chi connectivity index (χ4n) is 2.36. The van der Waals surface area contributed by atoms with Crippen LogP contribution in [-0.4, -0.2) is 43.4 Å². The van der Waals surface area contributed by atoms with Gasteiger partial charge in [-0.25, -0.2) is 8.42 Å². The van der Waals surface area contributed by atoms with Crippen molar-refractivity contribution in [3.05, 3.63) is 15.8 Å². The summed E-state index contributed by atoms with van der Waals surface area (Å²) in [7, 11) is -1.49. The minimum atomic E-state index is -3.36.